The predicted molar refractivity (Wildman–Crippen MR) is 82.3 cm³/mol. The van der Waals surface area contributed by atoms with Gasteiger partial charge in [0.15, 0.2) is 0 Å². The van der Waals surface area contributed by atoms with E-state index in [1.807, 2.05) is 6.07 Å². The monoisotopic (exact) mass is 347 g/mol. The molecule has 0 radical (unpaired) electrons. The third-order valence-corrected chi connectivity index (χ3v) is 3.48. The van der Waals surface area contributed by atoms with Crippen LogP contribution in [0.25, 0.3) is 0 Å². The van der Waals surface area contributed by atoms with E-state index in [1.54, 1.807) is 13.8 Å². The second-order valence-electron chi connectivity index (χ2n) is 4.84. The van der Waals surface area contributed by atoms with E-state index in [9.17, 15) is 18.0 Å². The zero-order valence-electron chi connectivity index (χ0n) is 12.7. The minimum atomic E-state index is -4.49. The summed E-state index contributed by atoms with van der Waals surface area (Å²) in [5.41, 5.74) is 0.304. The first kappa shape index (κ1) is 19.1. The second kappa shape index (κ2) is 8.06. The quantitative estimate of drug-likeness (QED) is 0.857. The summed E-state index contributed by atoms with van der Waals surface area (Å²) in [7, 11) is 0. The van der Waals surface area contributed by atoms with Crippen LogP contribution in [0.1, 0.15) is 25.8 Å². The summed E-state index contributed by atoms with van der Waals surface area (Å²) in [4.78, 5) is 13.0. The van der Waals surface area contributed by atoms with Gasteiger partial charge in [-0.2, -0.15) is 18.4 Å². The molecule has 0 bridgehead atoms. The lowest BCUT2D eigenvalue weighted by Crippen LogP contribution is -2.50. The Morgan fingerprint density at radius 2 is 2.09 bits per heavy atom. The maximum absolute atomic E-state index is 12.9. The molecule has 1 unspecified atom stereocenters. The largest absolute Gasteiger partial charge is 0.405 e. The molecule has 0 spiro atoms. The lowest BCUT2D eigenvalue weighted by atomic mass is 10.1. The first-order chi connectivity index (χ1) is 10.7. The molecule has 0 saturated heterocycles. The molecule has 0 saturated carbocycles. The molecule has 0 fully saturated rings. The molecule has 1 N–H and O–H groups in total. The summed E-state index contributed by atoms with van der Waals surface area (Å²) in [5.74, 6) is -0.486. The van der Waals surface area contributed by atoms with Crippen molar-refractivity contribution < 1.29 is 18.0 Å². The van der Waals surface area contributed by atoms with Crippen molar-refractivity contribution in [3.05, 3.63) is 28.8 Å². The van der Waals surface area contributed by atoms with Crippen LogP contribution < -0.4 is 10.2 Å². The lowest BCUT2D eigenvalue weighted by molar-refractivity contribution is -0.127. The highest BCUT2D eigenvalue weighted by Crippen LogP contribution is 2.29. The van der Waals surface area contributed by atoms with Gasteiger partial charge in [0.05, 0.1) is 10.6 Å². The number of nitrogens with one attached hydrogen (secondary N) is 1. The highest BCUT2D eigenvalue weighted by molar-refractivity contribution is 6.32. The Hall–Kier alpha value is -1.94. The number of carbonyl (C=O) groups excluding carboxylic acids is 1. The topological polar surface area (TPSA) is 56.1 Å². The van der Waals surface area contributed by atoms with E-state index >= 15 is 0 Å². The number of amides is 1. The van der Waals surface area contributed by atoms with Crippen LogP contribution in [0.15, 0.2) is 18.2 Å². The third kappa shape index (κ3) is 5.32. The first-order valence-corrected chi connectivity index (χ1v) is 7.42. The molecule has 0 heterocycles. The SMILES string of the molecule is CCNC(=O)C(CC)N(CC(F)(F)F)c1ccc(C#N)c(Cl)c1. The van der Waals surface area contributed by atoms with Crippen LogP contribution in [0.5, 0.6) is 0 Å². The van der Waals surface area contributed by atoms with Gasteiger partial charge in [0.2, 0.25) is 5.91 Å². The van der Waals surface area contributed by atoms with Crippen LogP contribution in [0.2, 0.25) is 5.02 Å². The number of likely N-dealkylation sites (N-methyl/N-ethyl adjacent to an activating group) is 1. The maximum Gasteiger partial charge on any atom is 0.405 e. The van der Waals surface area contributed by atoms with E-state index < -0.39 is 24.7 Å². The molecule has 0 aliphatic heterocycles. The van der Waals surface area contributed by atoms with Crippen molar-refractivity contribution in [2.24, 2.45) is 0 Å². The highest BCUT2D eigenvalue weighted by atomic mass is 35.5. The van der Waals surface area contributed by atoms with Gasteiger partial charge in [-0.25, -0.2) is 0 Å². The van der Waals surface area contributed by atoms with Gasteiger partial charge in [-0.1, -0.05) is 18.5 Å². The fourth-order valence-electron chi connectivity index (χ4n) is 2.19. The number of benzene rings is 1. The molecular weight excluding hydrogens is 331 g/mol. The summed E-state index contributed by atoms with van der Waals surface area (Å²) in [6, 6.07) is 4.83. The van der Waals surface area contributed by atoms with Crippen LogP contribution >= 0.6 is 11.6 Å². The summed E-state index contributed by atoms with van der Waals surface area (Å²) in [6.07, 6.45) is -4.29. The zero-order valence-corrected chi connectivity index (χ0v) is 13.5. The number of nitriles is 1. The van der Waals surface area contributed by atoms with Crippen LogP contribution in [-0.4, -0.2) is 31.2 Å². The lowest BCUT2D eigenvalue weighted by Gasteiger charge is -2.33. The fourth-order valence-corrected chi connectivity index (χ4v) is 2.40. The average molecular weight is 348 g/mol. The molecule has 126 valence electrons. The summed E-state index contributed by atoms with van der Waals surface area (Å²) in [6.45, 7) is 2.36. The number of nitrogens with zero attached hydrogens (tertiary/aromatic N) is 2. The van der Waals surface area contributed by atoms with E-state index in [4.69, 9.17) is 16.9 Å². The van der Waals surface area contributed by atoms with Crippen molar-refractivity contribution in [3.8, 4) is 6.07 Å². The van der Waals surface area contributed by atoms with E-state index in [0.29, 0.717) is 6.54 Å². The molecule has 1 amide bonds. The van der Waals surface area contributed by atoms with Gasteiger partial charge in [-0.3, -0.25) is 4.79 Å². The van der Waals surface area contributed by atoms with Gasteiger partial charge in [-0.15, -0.1) is 0 Å². The van der Waals surface area contributed by atoms with Gasteiger partial charge in [-0.05, 0) is 31.5 Å². The smallest absolute Gasteiger partial charge is 0.355 e. The van der Waals surface area contributed by atoms with Crippen LogP contribution in [0.4, 0.5) is 18.9 Å². The fraction of sp³-hybridized carbons (Fsp3) is 0.467. The van der Waals surface area contributed by atoms with Crippen molar-refractivity contribution in [2.45, 2.75) is 32.5 Å². The van der Waals surface area contributed by atoms with Gasteiger partial charge >= 0.3 is 6.18 Å². The Morgan fingerprint density at radius 1 is 1.43 bits per heavy atom. The van der Waals surface area contributed by atoms with Gasteiger partial charge in [0, 0.05) is 12.2 Å². The maximum atomic E-state index is 12.9. The molecule has 8 heteroatoms. The second-order valence-corrected chi connectivity index (χ2v) is 5.24. The Morgan fingerprint density at radius 3 is 2.52 bits per heavy atom. The molecule has 1 atom stereocenters. The Bertz CT molecular complexity index is 599. The van der Waals surface area contributed by atoms with Crippen LogP contribution in [0, 0.1) is 11.3 Å². The predicted octanol–water partition coefficient (Wildman–Crippen LogP) is 3.50. The summed E-state index contributed by atoms with van der Waals surface area (Å²) in [5, 5.41) is 11.4. The average Bonchev–Trinajstić information content (AvgIpc) is 2.46. The third-order valence-electron chi connectivity index (χ3n) is 3.17. The van der Waals surface area contributed by atoms with Gasteiger partial charge in [0.25, 0.3) is 0 Å². The number of hydrogen-bond donors (Lipinski definition) is 1. The number of alkyl halides is 3. The van der Waals surface area contributed by atoms with Crippen molar-refractivity contribution >= 4 is 23.2 Å². The van der Waals surface area contributed by atoms with E-state index in [-0.39, 0.29) is 22.7 Å². The van der Waals surface area contributed by atoms with Crippen LogP contribution in [0.3, 0.4) is 0 Å². The number of carbonyl (C=O) groups is 1. The Kier molecular flexibility index (Phi) is 6.70. The molecule has 1 rings (SSSR count). The van der Waals surface area contributed by atoms with E-state index in [1.165, 1.54) is 18.2 Å². The highest BCUT2D eigenvalue weighted by Gasteiger charge is 2.36. The number of hydrogen-bond acceptors (Lipinski definition) is 3. The normalized spacial score (nSPS) is 12.4. The first-order valence-electron chi connectivity index (χ1n) is 7.04. The standard InChI is InChI=1S/C15H17ClF3N3O/c1-3-13(14(23)21-4-2)22(9-15(17,18)19)11-6-5-10(8-20)12(16)7-11/h5-7,13H,3-4,9H2,1-2H3,(H,21,23). The van der Waals surface area contributed by atoms with E-state index in [0.717, 1.165) is 4.90 Å². The van der Waals surface area contributed by atoms with Gasteiger partial charge < -0.3 is 10.2 Å². The van der Waals surface area contributed by atoms with E-state index in [2.05, 4.69) is 5.32 Å². The number of rotatable bonds is 6. The molecular formula is C15H17ClF3N3O. The van der Waals surface area contributed by atoms with Crippen molar-refractivity contribution in [3.63, 3.8) is 0 Å². The molecule has 0 aliphatic rings. The molecule has 0 aromatic heterocycles. The van der Waals surface area contributed by atoms with Crippen molar-refractivity contribution in [2.75, 3.05) is 18.0 Å². The minimum Gasteiger partial charge on any atom is -0.355 e. The Balaban J connectivity index is 3.26. The molecule has 1 aromatic carbocycles. The molecule has 0 aliphatic carbocycles. The molecule has 23 heavy (non-hydrogen) atoms. The van der Waals surface area contributed by atoms with Gasteiger partial charge in [0.1, 0.15) is 18.7 Å². The Labute approximate surface area is 137 Å². The summed E-state index contributed by atoms with van der Waals surface area (Å²) < 4.78 is 38.8. The zero-order chi connectivity index (χ0) is 17.6. The molecule has 1 aromatic rings. The van der Waals surface area contributed by atoms with Crippen molar-refractivity contribution in [1.29, 1.82) is 5.26 Å². The summed E-state index contributed by atoms with van der Waals surface area (Å²) >= 11 is 5.90. The number of anilines is 1. The minimum absolute atomic E-state index is 0.0444. The van der Waals surface area contributed by atoms with Crippen molar-refractivity contribution in [1.82, 2.24) is 5.32 Å². The molecule has 4 nitrogen and oxygen atoms in total. The van der Waals surface area contributed by atoms with Crippen LogP contribution in [-0.2, 0) is 4.79 Å². The number of halogens is 4.